The molecule has 0 radical (unpaired) electrons. The van der Waals surface area contributed by atoms with Crippen molar-refractivity contribution in [2.45, 2.75) is 45.5 Å². The van der Waals surface area contributed by atoms with E-state index in [4.69, 9.17) is 30.4 Å². The number of pyridine rings is 1. The fourth-order valence-corrected chi connectivity index (χ4v) is 5.57. The van der Waals surface area contributed by atoms with Crippen LogP contribution in [0.5, 0.6) is 0 Å². The Morgan fingerprint density at radius 3 is 2.79 bits per heavy atom. The van der Waals surface area contributed by atoms with Crippen molar-refractivity contribution in [1.82, 2.24) is 29.8 Å². The number of benzene rings is 1. The molecule has 0 spiro atoms. The standard InChI is InChI=1S/C30H26Cl2FN7O3/c1-3-39-29-17-9-10-34-21(11-17)18(6-4-5-16(2)30(42)36-22(29)13-35-39)19-15-43-25(12-24(19)41)27-23(8-7-20(31)28(27)33)40-14-26(32)37-38-40/h7-16,18H,3-6H2,1-2H3,(H,36,42)/i3D2. The van der Waals surface area contributed by atoms with Gasteiger partial charge in [-0.05, 0) is 44.0 Å². The van der Waals surface area contributed by atoms with E-state index < -0.39 is 23.7 Å². The third kappa shape index (κ3) is 5.46. The quantitative estimate of drug-likeness (QED) is 0.242. The molecule has 0 fully saturated rings. The summed E-state index contributed by atoms with van der Waals surface area (Å²) in [5.74, 6) is -2.05. The molecule has 1 amide bonds. The van der Waals surface area contributed by atoms with E-state index in [1.807, 2.05) is 0 Å². The van der Waals surface area contributed by atoms with Crippen LogP contribution in [0.1, 0.15) is 53.0 Å². The van der Waals surface area contributed by atoms with E-state index in [9.17, 15) is 9.59 Å². The number of hydrogen-bond donors (Lipinski definition) is 1. The molecule has 5 aromatic rings. The maximum Gasteiger partial charge on any atom is 0.227 e. The zero-order chi connectivity index (χ0) is 32.0. The van der Waals surface area contributed by atoms with Gasteiger partial charge < -0.3 is 9.73 Å². The van der Waals surface area contributed by atoms with Crippen molar-refractivity contribution in [3.05, 3.63) is 92.7 Å². The van der Waals surface area contributed by atoms with E-state index in [-0.39, 0.29) is 44.6 Å². The molecule has 6 rings (SSSR count). The zero-order valence-corrected chi connectivity index (χ0v) is 24.5. The number of carbonyl (C=O) groups excluding carboxylic acids is 1. The maximum atomic E-state index is 15.4. The lowest BCUT2D eigenvalue weighted by Gasteiger charge is -2.20. The Hall–Kier alpha value is -4.35. The average Bonchev–Trinajstić information content (AvgIpc) is 3.63. The summed E-state index contributed by atoms with van der Waals surface area (Å²) in [6, 6.07) is 7.50. The van der Waals surface area contributed by atoms with Crippen LogP contribution in [-0.4, -0.2) is 35.7 Å². The van der Waals surface area contributed by atoms with Crippen molar-refractivity contribution in [1.29, 1.82) is 0 Å². The summed E-state index contributed by atoms with van der Waals surface area (Å²) in [5.41, 5.74) is 1.79. The molecule has 10 nitrogen and oxygen atoms in total. The van der Waals surface area contributed by atoms with Crippen molar-refractivity contribution >= 4 is 34.8 Å². The molecule has 0 saturated carbocycles. The van der Waals surface area contributed by atoms with Gasteiger partial charge in [0.25, 0.3) is 0 Å². The van der Waals surface area contributed by atoms with Crippen molar-refractivity contribution < 1.29 is 16.3 Å². The maximum absolute atomic E-state index is 15.4. The van der Waals surface area contributed by atoms with Gasteiger partial charge in [-0.3, -0.25) is 19.3 Å². The monoisotopic (exact) mass is 623 g/mol. The van der Waals surface area contributed by atoms with Crippen molar-refractivity contribution in [2.75, 3.05) is 5.32 Å². The zero-order valence-electron chi connectivity index (χ0n) is 25.0. The number of aromatic nitrogens is 6. The highest BCUT2D eigenvalue weighted by Gasteiger charge is 2.26. The minimum atomic E-state index is -1.88. The topological polar surface area (TPSA) is 121 Å². The first-order valence-corrected chi connectivity index (χ1v) is 14.2. The number of halogens is 3. The lowest BCUT2D eigenvalue weighted by molar-refractivity contribution is -0.119. The van der Waals surface area contributed by atoms with Crippen molar-refractivity contribution in [2.24, 2.45) is 5.92 Å². The number of anilines is 1. The van der Waals surface area contributed by atoms with Crippen LogP contribution < -0.4 is 10.7 Å². The van der Waals surface area contributed by atoms with Gasteiger partial charge in [-0.2, -0.15) is 5.10 Å². The molecule has 43 heavy (non-hydrogen) atoms. The molecule has 0 aliphatic carbocycles. The lowest BCUT2D eigenvalue weighted by Crippen LogP contribution is -2.22. The van der Waals surface area contributed by atoms with Gasteiger partial charge in [-0.15, -0.1) is 5.10 Å². The van der Waals surface area contributed by atoms with Gasteiger partial charge in [-0.1, -0.05) is 41.8 Å². The summed E-state index contributed by atoms with van der Waals surface area (Å²) in [5, 5.41) is 14.7. The Morgan fingerprint density at radius 2 is 2.05 bits per heavy atom. The summed E-state index contributed by atoms with van der Waals surface area (Å²) in [6.45, 7) is 1.29. The summed E-state index contributed by atoms with van der Waals surface area (Å²) < 4.78 is 40.5. The van der Waals surface area contributed by atoms with E-state index in [2.05, 4.69) is 25.7 Å². The Labute approximate surface area is 258 Å². The summed E-state index contributed by atoms with van der Waals surface area (Å²) in [4.78, 5) is 31.4. The number of amides is 1. The van der Waals surface area contributed by atoms with E-state index in [0.29, 0.717) is 41.9 Å². The molecular weight excluding hydrogens is 596 g/mol. The Morgan fingerprint density at radius 1 is 1.21 bits per heavy atom. The summed E-state index contributed by atoms with van der Waals surface area (Å²) >= 11 is 12.0. The van der Waals surface area contributed by atoms with Gasteiger partial charge in [0.15, 0.2) is 16.4 Å². The van der Waals surface area contributed by atoms with Gasteiger partial charge in [0.1, 0.15) is 5.76 Å². The molecule has 1 N–H and O–H groups in total. The first kappa shape index (κ1) is 26.3. The van der Waals surface area contributed by atoms with Crippen LogP contribution in [0, 0.1) is 11.7 Å². The van der Waals surface area contributed by atoms with Crippen LogP contribution in [-0.2, 0) is 11.3 Å². The smallest absolute Gasteiger partial charge is 0.227 e. The predicted octanol–water partition coefficient (Wildman–Crippen LogP) is 6.50. The third-order valence-corrected chi connectivity index (χ3v) is 7.96. The Balaban J connectivity index is 1.47. The molecule has 1 aliphatic rings. The lowest BCUT2D eigenvalue weighted by atomic mass is 9.88. The molecule has 13 heteroatoms. The van der Waals surface area contributed by atoms with Gasteiger partial charge in [0.05, 0.1) is 49.1 Å². The molecule has 0 saturated heterocycles. The minimum absolute atomic E-state index is 0.0794. The van der Waals surface area contributed by atoms with Crippen LogP contribution >= 0.6 is 23.2 Å². The highest BCUT2D eigenvalue weighted by atomic mass is 35.5. The SMILES string of the molecule is [2H]C([2H])(C)n1ncc2c1-c1ccnc(c1)C(c1coc(-c3c(-n4cc(Cl)nn4)ccc(Cl)c3F)cc1=O)CCCC(C)C(=O)N2. The second-order valence-corrected chi connectivity index (χ2v) is 11.0. The van der Waals surface area contributed by atoms with E-state index in [1.54, 1.807) is 25.3 Å². The van der Waals surface area contributed by atoms with Crippen molar-refractivity contribution in [3.63, 3.8) is 0 Å². The number of carbonyl (C=O) groups is 1. The van der Waals surface area contributed by atoms with Gasteiger partial charge in [0, 0.05) is 47.4 Å². The highest BCUT2D eigenvalue weighted by molar-refractivity contribution is 6.31. The molecular formula is C30H26Cl2FN7O3. The molecule has 4 aromatic heterocycles. The largest absolute Gasteiger partial charge is 0.464 e. The first-order valence-electron chi connectivity index (χ1n) is 14.5. The molecule has 220 valence electrons. The molecule has 2 atom stereocenters. The third-order valence-electron chi connectivity index (χ3n) is 7.49. The molecule has 5 heterocycles. The fourth-order valence-electron chi connectivity index (χ4n) is 5.28. The predicted molar refractivity (Wildman–Crippen MR) is 160 cm³/mol. The van der Waals surface area contributed by atoms with Gasteiger partial charge in [0.2, 0.25) is 5.91 Å². The van der Waals surface area contributed by atoms with Crippen LogP contribution in [0.2, 0.25) is 10.2 Å². The number of nitrogens with zero attached hydrogens (tertiary/aromatic N) is 6. The summed E-state index contributed by atoms with van der Waals surface area (Å²) in [7, 11) is 0. The summed E-state index contributed by atoms with van der Waals surface area (Å²) in [6.07, 6.45) is 7.20. The fraction of sp³-hybridized carbons (Fsp3) is 0.267. The van der Waals surface area contributed by atoms with Gasteiger partial charge >= 0.3 is 0 Å². The van der Waals surface area contributed by atoms with Crippen LogP contribution in [0.4, 0.5) is 10.1 Å². The number of fused-ring (bicyclic) bond motifs is 4. The average molecular weight is 625 g/mol. The molecule has 2 bridgehead atoms. The Bertz CT molecular complexity index is 1990. The van der Waals surface area contributed by atoms with Crippen LogP contribution in [0.15, 0.2) is 64.4 Å². The van der Waals surface area contributed by atoms with Gasteiger partial charge in [-0.25, -0.2) is 9.07 Å². The molecule has 2 unspecified atom stereocenters. The molecule has 1 aromatic carbocycles. The van der Waals surface area contributed by atoms with Crippen LogP contribution in [0.25, 0.3) is 28.3 Å². The van der Waals surface area contributed by atoms with Crippen LogP contribution in [0.3, 0.4) is 0 Å². The second-order valence-electron chi connectivity index (χ2n) is 10.2. The number of aryl methyl sites for hydroxylation is 1. The van der Waals surface area contributed by atoms with E-state index in [1.165, 1.54) is 53.1 Å². The second kappa shape index (κ2) is 11.7. The Kier molecular flexibility index (Phi) is 7.17. The normalized spacial score (nSPS) is 18.1. The molecule has 1 aliphatic heterocycles. The number of nitrogens with one attached hydrogen (secondary N) is 1. The van der Waals surface area contributed by atoms with E-state index in [0.717, 1.165) is 0 Å². The minimum Gasteiger partial charge on any atom is -0.464 e. The van der Waals surface area contributed by atoms with E-state index >= 15 is 4.39 Å². The number of rotatable bonds is 4. The first-order chi connectivity index (χ1) is 21.4. The van der Waals surface area contributed by atoms with Crippen molar-refractivity contribution in [3.8, 4) is 28.3 Å². The number of hydrogen-bond acceptors (Lipinski definition) is 7. The highest BCUT2D eigenvalue weighted by Crippen LogP contribution is 2.37.